The maximum absolute atomic E-state index is 12.8. The highest BCUT2D eigenvalue weighted by atomic mass is 16.6. The second-order valence-electron chi connectivity index (χ2n) is 8.51. The summed E-state index contributed by atoms with van der Waals surface area (Å²) in [5.74, 6) is -3.45. The third kappa shape index (κ3) is 5.46. The summed E-state index contributed by atoms with van der Waals surface area (Å²) in [6.45, 7) is 3.62. The number of alkyl carbamates (subject to hydrolysis) is 1. The first kappa shape index (κ1) is 24.7. The number of amides is 1. The number of fused-ring (bicyclic) bond motifs is 3. The lowest BCUT2D eigenvalue weighted by molar-refractivity contribution is -0.156. The van der Waals surface area contributed by atoms with Gasteiger partial charge in [0.25, 0.3) is 0 Å². The summed E-state index contributed by atoms with van der Waals surface area (Å²) in [6, 6.07) is 23.3. The predicted molar refractivity (Wildman–Crippen MR) is 134 cm³/mol. The predicted octanol–water partition coefficient (Wildman–Crippen LogP) is 4.91. The third-order valence-corrected chi connectivity index (χ3v) is 6.23. The second-order valence-corrected chi connectivity index (χ2v) is 8.51. The van der Waals surface area contributed by atoms with Crippen molar-refractivity contribution in [2.24, 2.45) is 5.92 Å². The zero-order valence-electron chi connectivity index (χ0n) is 19.6. The zero-order chi connectivity index (χ0) is 25.5. The van der Waals surface area contributed by atoms with Crippen LogP contribution in [0.2, 0.25) is 0 Å². The Kier molecular flexibility index (Phi) is 7.80. The van der Waals surface area contributed by atoms with Gasteiger partial charge in [0.1, 0.15) is 19.3 Å². The summed E-state index contributed by atoms with van der Waals surface area (Å²) in [6.07, 6.45) is 0.507. The number of carbonyl (C=O) groups excluding carboxylic acids is 2. The second kappa shape index (κ2) is 11.4. The highest BCUT2D eigenvalue weighted by Gasteiger charge is 2.36. The molecule has 2 atom stereocenters. The number of rotatable bonds is 10. The lowest BCUT2D eigenvalue weighted by atomic mass is 9.96. The van der Waals surface area contributed by atoms with E-state index in [0.29, 0.717) is 0 Å². The molecule has 36 heavy (non-hydrogen) atoms. The van der Waals surface area contributed by atoms with Gasteiger partial charge in [-0.05, 0) is 34.2 Å². The van der Waals surface area contributed by atoms with Gasteiger partial charge < -0.3 is 19.9 Å². The van der Waals surface area contributed by atoms with Crippen LogP contribution in [0.1, 0.15) is 29.0 Å². The van der Waals surface area contributed by atoms with Crippen molar-refractivity contribution in [2.75, 3.05) is 6.61 Å². The lowest BCUT2D eigenvalue weighted by Crippen LogP contribution is -2.49. The number of benzene rings is 3. The minimum absolute atomic E-state index is 0.00818. The van der Waals surface area contributed by atoms with Gasteiger partial charge in [-0.1, -0.05) is 84.9 Å². The summed E-state index contributed by atoms with van der Waals surface area (Å²) >= 11 is 0. The third-order valence-electron chi connectivity index (χ3n) is 6.23. The Hall–Kier alpha value is -4.39. The fourth-order valence-corrected chi connectivity index (χ4v) is 4.49. The van der Waals surface area contributed by atoms with E-state index in [1.54, 1.807) is 12.1 Å². The van der Waals surface area contributed by atoms with Crippen molar-refractivity contribution in [2.45, 2.75) is 25.0 Å². The molecular formula is C29H27NO6. The molecule has 1 aliphatic carbocycles. The monoisotopic (exact) mass is 485 g/mol. The van der Waals surface area contributed by atoms with Crippen molar-refractivity contribution in [3.8, 4) is 11.1 Å². The van der Waals surface area contributed by atoms with Crippen LogP contribution in [0.4, 0.5) is 4.79 Å². The van der Waals surface area contributed by atoms with E-state index in [1.165, 1.54) is 6.08 Å². The Morgan fingerprint density at radius 2 is 1.47 bits per heavy atom. The molecular weight excluding hydrogens is 458 g/mol. The fourth-order valence-electron chi connectivity index (χ4n) is 4.49. The van der Waals surface area contributed by atoms with Gasteiger partial charge in [-0.3, -0.25) is 4.79 Å². The van der Waals surface area contributed by atoms with Gasteiger partial charge in [0.15, 0.2) is 0 Å². The molecule has 0 spiro atoms. The van der Waals surface area contributed by atoms with Crippen molar-refractivity contribution in [3.05, 3.63) is 108 Å². The van der Waals surface area contributed by atoms with Crippen LogP contribution >= 0.6 is 0 Å². The van der Waals surface area contributed by atoms with Crippen molar-refractivity contribution >= 4 is 18.0 Å². The molecule has 184 valence electrons. The molecule has 0 bridgehead atoms. The molecule has 1 unspecified atom stereocenters. The largest absolute Gasteiger partial charge is 0.480 e. The number of allylic oxidation sites excluding steroid dienone is 1. The zero-order valence-corrected chi connectivity index (χ0v) is 19.6. The van der Waals surface area contributed by atoms with Gasteiger partial charge in [-0.2, -0.15) is 0 Å². The van der Waals surface area contributed by atoms with E-state index in [2.05, 4.69) is 11.9 Å². The molecule has 7 nitrogen and oxygen atoms in total. The van der Waals surface area contributed by atoms with Crippen LogP contribution in [0.25, 0.3) is 11.1 Å². The summed E-state index contributed by atoms with van der Waals surface area (Å²) < 4.78 is 10.8. The molecule has 0 radical (unpaired) electrons. The number of carbonyl (C=O) groups is 3. The van der Waals surface area contributed by atoms with E-state index in [4.69, 9.17) is 9.47 Å². The molecule has 4 rings (SSSR count). The Labute approximate surface area is 209 Å². The molecule has 0 heterocycles. The number of carboxylic acids is 1. The Morgan fingerprint density at radius 1 is 0.889 bits per heavy atom. The first-order valence-electron chi connectivity index (χ1n) is 11.7. The number of carboxylic acid groups (broad SMARTS) is 1. The van der Waals surface area contributed by atoms with Crippen LogP contribution in [-0.4, -0.2) is 35.8 Å². The molecule has 3 aromatic carbocycles. The molecule has 1 aliphatic rings. The summed E-state index contributed by atoms with van der Waals surface area (Å²) in [5, 5.41) is 12.1. The van der Waals surface area contributed by atoms with E-state index < -0.39 is 30.0 Å². The van der Waals surface area contributed by atoms with Crippen molar-refractivity contribution in [1.82, 2.24) is 5.32 Å². The number of nitrogens with one attached hydrogen (secondary N) is 1. The average molecular weight is 486 g/mol. The number of ether oxygens (including phenoxy) is 2. The first-order chi connectivity index (χ1) is 17.5. The summed E-state index contributed by atoms with van der Waals surface area (Å²) in [5.41, 5.74) is 5.00. The molecule has 2 N–H and O–H groups in total. The van der Waals surface area contributed by atoms with E-state index >= 15 is 0 Å². The maximum Gasteiger partial charge on any atom is 0.407 e. The first-order valence-corrected chi connectivity index (χ1v) is 11.7. The maximum atomic E-state index is 12.8. The fraction of sp³-hybridized carbons (Fsp3) is 0.207. The van der Waals surface area contributed by atoms with Crippen LogP contribution < -0.4 is 5.32 Å². The highest BCUT2D eigenvalue weighted by Crippen LogP contribution is 2.44. The van der Waals surface area contributed by atoms with Gasteiger partial charge in [-0.25, -0.2) is 9.59 Å². The van der Waals surface area contributed by atoms with Crippen LogP contribution in [-0.2, 0) is 25.7 Å². The van der Waals surface area contributed by atoms with Gasteiger partial charge in [0.2, 0.25) is 0 Å². The van der Waals surface area contributed by atoms with Crippen molar-refractivity contribution < 1.29 is 29.0 Å². The molecule has 0 saturated heterocycles. The number of hydrogen-bond acceptors (Lipinski definition) is 5. The highest BCUT2D eigenvalue weighted by molar-refractivity contribution is 5.87. The molecule has 0 saturated carbocycles. The lowest BCUT2D eigenvalue weighted by Gasteiger charge is -2.23. The smallest absolute Gasteiger partial charge is 0.407 e. The quantitative estimate of drug-likeness (QED) is 0.312. The van der Waals surface area contributed by atoms with Gasteiger partial charge >= 0.3 is 18.0 Å². The van der Waals surface area contributed by atoms with Crippen LogP contribution in [0.15, 0.2) is 91.5 Å². The summed E-state index contributed by atoms with van der Waals surface area (Å²) in [4.78, 5) is 37.4. The topological polar surface area (TPSA) is 102 Å². The molecule has 0 fully saturated rings. The van der Waals surface area contributed by atoms with Gasteiger partial charge in [0, 0.05) is 5.92 Å². The van der Waals surface area contributed by atoms with Gasteiger partial charge in [-0.15, -0.1) is 6.58 Å². The molecule has 3 aromatic rings. The molecule has 0 aliphatic heterocycles. The Bertz CT molecular complexity index is 1210. The minimum atomic E-state index is -1.54. The standard InChI is InChI=1S/C29H27NO6/c1-2-10-24(28(33)35-17-19-11-4-3-5-12-19)26(27(31)32)30-29(34)36-18-25-22-15-8-6-13-20(22)21-14-7-9-16-23(21)25/h2-9,11-16,24-26H,1,10,17-18H2,(H,30,34)(H,31,32)/t24?,26-/m1/s1. The Balaban J connectivity index is 1.42. The van der Waals surface area contributed by atoms with E-state index in [0.717, 1.165) is 27.8 Å². The van der Waals surface area contributed by atoms with Crippen LogP contribution in [0, 0.1) is 5.92 Å². The number of aliphatic carboxylic acids is 1. The Morgan fingerprint density at radius 3 is 2.06 bits per heavy atom. The van der Waals surface area contributed by atoms with Crippen LogP contribution in [0.5, 0.6) is 0 Å². The van der Waals surface area contributed by atoms with Gasteiger partial charge in [0.05, 0.1) is 5.92 Å². The molecule has 0 aromatic heterocycles. The van der Waals surface area contributed by atoms with E-state index in [-0.39, 0.29) is 25.6 Å². The molecule has 7 heteroatoms. The average Bonchev–Trinajstić information content (AvgIpc) is 3.22. The minimum Gasteiger partial charge on any atom is -0.480 e. The molecule has 1 amide bonds. The van der Waals surface area contributed by atoms with Crippen molar-refractivity contribution in [3.63, 3.8) is 0 Å². The summed E-state index contributed by atoms with van der Waals surface area (Å²) in [7, 11) is 0. The number of esters is 1. The van der Waals surface area contributed by atoms with Crippen molar-refractivity contribution in [1.29, 1.82) is 0 Å². The SMILES string of the molecule is C=CCC(C(=O)OCc1ccccc1)[C@@H](NC(=O)OCC1c2ccccc2-c2ccccc21)C(=O)O. The number of hydrogen-bond donors (Lipinski definition) is 2. The van der Waals surface area contributed by atoms with E-state index in [1.807, 2.05) is 66.7 Å². The normalized spacial score (nSPS) is 13.6. The van der Waals surface area contributed by atoms with Crippen LogP contribution in [0.3, 0.4) is 0 Å². The van der Waals surface area contributed by atoms with E-state index in [9.17, 15) is 19.5 Å².